The van der Waals surface area contributed by atoms with Crippen LogP contribution < -0.4 is 5.43 Å². The van der Waals surface area contributed by atoms with E-state index in [-0.39, 0.29) is 5.56 Å². The quantitative estimate of drug-likeness (QED) is 0.352. The zero-order valence-electron chi connectivity index (χ0n) is 14.3. The fourth-order valence-corrected chi connectivity index (χ4v) is 3.75. The van der Waals surface area contributed by atoms with Gasteiger partial charge in [0.25, 0.3) is 0 Å². The molecular weight excluding hydrogens is 396 g/mol. The van der Waals surface area contributed by atoms with Crippen LogP contribution in [0.5, 0.6) is 0 Å². The van der Waals surface area contributed by atoms with Crippen LogP contribution >= 0.6 is 22.9 Å². The lowest BCUT2D eigenvalue weighted by molar-refractivity contribution is 0.0697. The lowest BCUT2D eigenvalue weighted by atomic mass is 10.1. The van der Waals surface area contributed by atoms with Gasteiger partial charge in [-0.15, -0.1) is 11.3 Å². The molecule has 138 valence electrons. The number of nitrogens with one attached hydrogen (secondary N) is 1. The van der Waals surface area contributed by atoms with E-state index >= 15 is 0 Å². The topological polar surface area (TPSA) is 87.5 Å². The molecule has 0 spiro atoms. The zero-order chi connectivity index (χ0) is 19.5. The number of hydrogen-bond acceptors (Lipinski definition) is 6. The number of aromatic nitrogens is 2. The molecule has 0 bridgehead atoms. The monoisotopic (exact) mass is 408 g/mol. The largest absolute Gasteiger partial charge is 0.478 e. The summed E-state index contributed by atoms with van der Waals surface area (Å²) in [7, 11) is 0. The number of fused-ring (bicyclic) bond motifs is 1. The summed E-state index contributed by atoms with van der Waals surface area (Å²) < 4.78 is 0.894. The number of halogens is 1. The average Bonchev–Trinajstić information content (AvgIpc) is 3.14. The lowest BCUT2D eigenvalue weighted by Gasteiger charge is -2.00. The summed E-state index contributed by atoms with van der Waals surface area (Å²) in [6.45, 7) is 0. The molecule has 0 fully saturated rings. The van der Waals surface area contributed by atoms with E-state index in [1.807, 2.05) is 30.3 Å². The molecule has 2 aromatic heterocycles. The highest BCUT2D eigenvalue weighted by Gasteiger charge is 2.10. The SMILES string of the molecule is O=C(O)c1ccc(/C=N/Nc2ncnc3cc(-c4ccc(Cl)cc4)sc23)cc1. The minimum absolute atomic E-state index is 0.232. The van der Waals surface area contributed by atoms with Gasteiger partial charge in [0.15, 0.2) is 5.82 Å². The second-order valence-corrected chi connectivity index (χ2v) is 7.34. The lowest BCUT2D eigenvalue weighted by Crippen LogP contribution is -1.97. The van der Waals surface area contributed by atoms with Gasteiger partial charge in [-0.25, -0.2) is 14.8 Å². The predicted octanol–water partition coefficient (Wildman–Crippen LogP) is 5.16. The molecule has 0 radical (unpaired) electrons. The molecule has 2 heterocycles. The summed E-state index contributed by atoms with van der Waals surface area (Å²) in [4.78, 5) is 20.5. The van der Waals surface area contributed by atoms with Gasteiger partial charge in [-0.05, 0) is 41.5 Å². The molecule has 0 amide bonds. The average molecular weight is 409 g/mol. The van der Waals surface area contributed by atoms with Gasteiger partial charge in [-0.1, -0.05) is 35.9 Å². The van der Waals surface area contributed by atoms with Crippen LogP contribution in [0.15, 0.2) is 66.0 Å². The highest BCUT2D eigenvalue weighted by molar-refractivity contribution is 7.22. The summed E-state index contributed by atoms with van der Waals surface area (Å²) in [5.41, 5.74) is 5.83. The molecule has 6 nitrogen and oxygen atoms in total. The Morgan fingerprint density at radius 1 is 1.11 bits per heavy atom. The standard InChI is InChI=1S/C20H13ClN4O2S/c21-15-7-5-13(6-8-15)17-9-16-18(28-17)19(23-11-22-16)25-24-10-12-1-3-14(4-2-12)20(26)27/h1-11H,(H,26,27)(H,22,23,25)/b24-10+. The molecule has 0 aliphatic carbocycles. The number of carboxylic acid groups (broad SMARTS) is 1. The molecule has 4 aromatic rings. The minimum atomic E-state index is -0.959. The van der Waals surface area contributed by atoms with E-state index < -0.39 is 5.97 Å². The number of benzene rings is 2. The fourth-order valence-electron chi connectivity index (χ4n) is 2.57. The summed E-state index contributed by atoms with van der Waals surface area (Å²) in [6, 6.07) is 16.1. The number of rotatable bonds is 5. The van der Waals surface area contributed by atoms with Gasteiger partial charge in [-0.2, -0.15) is 5.10 Å². The van der Waals surface area contributed by atoms with E-state index in [2.05, 4.69) is 20.5 Å². The molecule has 0 aliphatic rings. The Bertz CT molecular complexity index is 1170. The zero-order valence-corrected chi connectivity index (χ0v) is 15.9. The number of carbonyl (C=O) groups is 1. The number of nitrogens with zero attached hydrogens (tertiary/aromatic N) is 3. The Kier molecular flexibility index (Phi) is 5.01. The van der Waals surface area contributed by atoms with E-state index in [0.717, 1.165) is 26.2 Å². The number of hydrogen-bond donors (Lipinski definition) is 2. The Labute approximate surface area is 169 Å². The Morgan fingerprint density at radius 3 is 2.57 bits per heavy atom. The van der Waals surface area contributed by atoms with Crippen molar-refractivity contribution in [3.05, 3.63) is 77.1 Å². The third kappa shape index (κ3) is 3.85. The van der Waals surface area contributed by atoms with Crippen molar-refractivity contribution < 1.29 is 9.90 Å². The van der Waals surface area contributed by atoms with E-state index in [0.29, 0.717) is 10.8 Å². The first-order chi connectivity index (χ1) is 13.6. The molecule has 0 aliphatic heterocycles. The van der Waals surface area contributed by atoms with E-state index in [1.165, 1.54) is 18.5 Å². The van der Waals surface area contributed by atoms with Crippen LogP contribution in [0.3, 0.4) is 0 Å². The Morgan fingerprint density at radius 2 is 1.86 bits per heavy atom. The molecule has 0 saturated heterocycles. The third-order valence-corrected chi connectivity index (χ3v) is 5.41. The maximum Gasteiger partial charge on any atom is 0.335 e. The molecule has 2 N–H and O–H groups in total. The van der Waals surface area contributed by atoms with Gasteiger partial charge in [0.05, 0.1) is 22.0 Å². The fraction of sp³-hybridized carbons (Fsp3) is 0. The number of thiophene rings is 1. The summed E-state index contributed by atoms with van der Waals surface area (Å²) >= 11 is 7.53. The summed E-state index contributed by atoms with van der Waals surface area (Å²) in [5, 5.41) is 13.8. The van der Waals surface area contributed by atoms with Crippen molar-refractivity contribution in [3.63, 3.8) is 0 Å². The number of aromatic carboxylic acids is 1. The van der Waals surface area contributed by atoms with Gasteiger partial charge in [0.2, 0.25) is 0 Å². The van der Waals surface area contributed by atoms with Gasteiger partial charge < -0.3 is 5.11 Å². The molecule has 2 aromatic carbocycles. The van der Waals surface area contributed by atoms with Gasteiger partial charge in [0.1, 0.15) is 6.33 Å². The van der Waals surface area contributed by atoms with Crippen LogP contribution in [0.25, 0.3) is 20.7 Å². The molecule has 0 saturated carbocycles. The normalized spacial score (nSPS) is 11.2. The smallest absolute Gasteiger partial charge is 0.335 e. The van der Waals surface area contributed by atoms with Crippen molar-refractivity contribution in [1.82, 2.24) is 9.97 Å². The first-order valence-electron chi connectivity index (χ1n) is 8.23. The highest BCUT2D eigenvalue weighted by Crippen LogP contribution is 2.35. The highest BCUT2D eigenvalue weighted by atomic mass is 35.5. The number of anilines is 1. The maximum absolute atomic E-state index is 10.9. The predicted molar refractivity (Wildman–Crippen MR) is 112 cm³/mol. The second kappa shape index (κ2) is 7.75. The van der Waals surface area contributed by atoms with Gasteiger partial charge in [-0.3, -0.25) is 5.43 Å². The van der Waals surface area contributed by atoms with Crippen LogP contribution in [0.4, 0.5) is 5.82 Å². The maximum atomic E-state index is 10.9. The first kappa shape index (κ1) is 18.1. The minimum Gasteiger partial charge on any atom is -0.478 e. The van der Waals surface area contributed by atoms with Crippen LogP contribution in [0, 0.1) is 0 Å². The van der Waals surface area contributed by atoms with Gasteiger partial charge in [0, 0.05) is 9.90 Å². The van der Waals surface area contributed by atoms with Crippen LogP contribution in [0.2, 0.25) is 5.02 Å². The number of carboxylic acids is 1. The van der Waals surface area contributed by atoms with Crippen LogP contribution in [-0.4, -0.2) is 27.3 Å². The summed E-state index contributed by atoms with van der Waals surface area (Å²) in [5.74, 6) is -0.354. The molecule has 4 rings (SSSR count). The van der Waals surface area contributed by atoms with Crippen molar-refractivity contribution in [2.24, 2.45) is 5.10 Å². The van der Waals surface area contributed by atoms with Crippen molar-refractivity contribution in [2.75, 3.05) is 5.43 Å². The third-order valence-electron chi connectivity index (χ3n) is 3.98. The molecule has 0 unspecified atom stereocenters. The number of hydrazone groups is 1. The molecule has 28 heavy (non-hydrogen) atoms. The molecular formula is C20H13ClN4O2S. The molecule has 8 heteroatoms. The van der Waals surface area contributed by atoms with E-state index in [1.54, 1.807) is 29.7 Å². The van der Waals surface area contributed by atoms with Crippen molar-refractivity contribution >= 4 is 51.2 Å². The van der Waals surface area contributed by atoms with Crippen molar-refractivity contribution in [1.29, 1.82) is 0 Å². The van der Waals surface area contributed by atoms with Crippen LogP contribution in [-0.2, 0) is 0 Å². The van der Waals surface area contributed by atoms with Crippen molar-refractivity contribution in [2.45, 2.75) is 0 Å². The summed E-state index contributed by atoms with van der Waals surface area (Å²) in [6.07, 6.45) is 3.09. The second-order valence-electron chi connectivity index (χ2n) is 5.85. The van der Waals surface area contributed by atoms with E-state index in [4.69, 9.17) is 16.7 Å². The van der Waals surface area contributed by atoms with E-state index in [9.17, 15) is 4.79 Å². The molecule has 0 atom stereocenters. The van der Waals surface area contributed by atoms with Crippen LogP contribution in [0.1, 0.15) is 15.9 Å². The Balaban J connectivity index is 1.57. The Hall–Kier alpha value is -3.29. The first-order valence-corrected chi connectivity index (χ1v) is 9.42. The van der Waals surface area contributed by atoms with Gasteiger partial charge >= 0.3 is 5.97 Å². The van der Waals surface area contributed by atoms with Crippen molar-refractivity contribution in [3.8, 4) is 10.4 Å².